The molecule has 0 unspecified atom stereocenters. The monoisotopic (exact) mass is 249 g/mol. The van der Waals surface area contributed by atoms with E-state index < -0.39 is 10.2 Å². The molecular weight excluding hydrogens is 226 g/mol. The first-order chi connectivity index (χ1) is 7.51. The molecule has 2 atom stereocenters. The number of hydrogen-bond donors (Lipinski definition) is 2. The molecular formula is C10H23N3O2S. The summed E-state index contributed by atoms with van der Waals surface area (Å²) in [6.45, 7) is 2.86. The van der Waals surface area contributed by atoms with Crippen molar-refractivity contribution in [1.29, 1.82) is 0 Å². The molecule has 1 fully saturated rings. The summed E-state index contributed by atoms with van der Waals surface area (Å²) >= 11 is 0. The molecule has 0 aromatic carbocycles. The highest BCUT2D eigenvalue weighted by atomic mass is 32.2. The van der Waals surface area contributed by atoms with E-state index in [2.05, 4.69) is 4.72 Å². The van der Waals surface area contributed by atoms with Crippen molar-refractivity contribution in [1.82, 2.24) is 9.03 Å². The molecule has 1 saturated carbocycles. The van der Waals surface area contributed by atoms with Crippen molar-refractivity contribution in [2.75, 3.05) is 20.1 Å². The summed E-state index contributed by atoms with van der Waals surface area (Å²) in [4.78, 5) is 0. The van der Waals surface area contributed by atoms with Crippen LogP contribution in [0.3, 0.4) is 0 Å². The molecule has 0 spiro atoms. The van der Waals surface area contributed by atoms with Gasteiger partial charge in [0.15, 0.2) is 0 Å². The Labute approximate surface area is 98.6 Å². The van der Waals surface area contributed by atoms with Gasteiger partial charge in [-0.25, -0.2) is 0 Å². The molecule has 1 aliphatic rings. The van der Waals surface area contributed by atoms with Crippen LogP contribution in [0.15, 0.2) is 0 Å². The number of nitrogens with one attached hydrogen (secondary N) is 1. The minimum atomic E-state index is -3.33. The normalized spacial score (nSPS) is 27.2. The first-order valence-corrected chi connectivity index (χ1v) is 7.39. The molecule has 1 aliphatic carbocycles. The summed E-state index contributed by atoms with van der Waals surface area (Å²) in [5, 5.41) is 0. The van der Waals surface area contributed by atoms with Crippen LogP contribution in [0.2, 0.25) is 0 Å². The highest BCUT2D eigenvalue weighted by Crippen LogP contribution is 2.24. The van der Waals surface area contributed by atoms with Crippen LogP contribution in [0.5, 0.6) is 0 Å². The van der Waals surface area contributed by atoms with Crippen molar-refractivity contribution in [2.24, 2.45) is 11.7 Å². The van der Waals surface area contributed by atoms with Gasteiger partial charge in [-0.2, -0.15) is 17.4 Å². The van der Waals surface area contributed by atoms with Gasteiger partial charge in [-0.15, -0.1) is 0 Å². The lowest BCUT2D eigenvalue weighted by Gasteiger charge is -2.32. The Morgan fingerprint density at radius 3 is 2.56 bits per heavy atom. The molecule has 16 heavy (non-hydrogen) atoms. The SMILES string of the molecule is CCN(C)S(=O)(=O)N[C@H]1CCCC[C@@H]1CN. The fourth-order valence-electron chi connectivity index (χ4n) is 2.10. The molecule has 3 N–H and O–H groups in total. The van der Waals surface area contributed by atoms with Gasteiger partial charge in [-0.1, -0.05) is 19.8 Å². The van der Waals surface area contributed by atoms with Gasteiger partial charge in [-0.3, -0.25) is 0 Å². The van der Waals surface area contributed by atoms with Crippen LogP contribution in [0, 0.1) is 5.92 Å². The highest BCUT2D eigenvalue weighted by molar-refractivity contribution is 7.87. The molecule has 0 heterocycles. The van der Waals surface area contributed by atoms with E-state index in [0.717, 1.165) is 25.7 Å². The van der Waals surface area contributed by atoms with Crippen LogP contribution in [0.1, 0.15) is 32.6 Å². The fourth-order valence-corrected chi connectivity index (χ4v) is 3.31. The third kappa shape index (κ3) is 3.41. The van der Waals surface area contributed by atoms with Gasteiger partial charge in [0.2, 0.25) is 0 Å². The molecule has 1 rings (SSSR count). The van der Waals surface area contributed by atoms with E-state index in [1.54, 1.807) is 7.05 Å². The second kappa shape index (κ2) is 5.95. The molecule has 96 valence electrons. The minimum absolute atomic E-state index is 0.0118. The van der Waals surface area contributed by atoms with Crippen molar-refractivity contribution in [3.63, 3.8) is 0 Å². The van der Waals surface area contributed by atoms with Crippen molar-refractivity contribution in [2.45, 2.75) is 38.6 Å². The van der Waals surface area contributed by atoms with E-state index in [0.29, 0.717) is 13.1 Å². The van der Waals surface area contributed by atoms with Crippen molar-refractivity contribution in [3.05, 3.63) is 0 Å². The topological polar surface area (TPSA) is 75.4 Å². The lowest BCUT2D eigenvalue weighted by molar-refractivity contribution is 0.291. The maximum absolute atomic E-state index is 11.9. The van der Waals surface area contributed by atoms with Crippen molar-refractivity contribution >= 4 is 10.2 Å². The second-order valence-corrected chi connectivity index (χ2v) is 6.23. The molecule has 0 saturated heterocycles. The average Bonchev–Trinajstić information content (AvgIpc) is 2.28. The van der Waals surface area contributed by atoms with E-state index in [4.69, 9.17) is 5.73 Å². The van der Waals surface area contributed by atoms with Gasteiger partial charge in [0.25, 0.3) is 10.2 Å². The summed E-state index contributed by atoms with van der Waals surface area (Å²) in [5.74, 6) is 0.286. The van der Waals surface area contributed by atoms with Gasteiger partial charge in [0.1, 0.15) is 0 Å². The second-order valence-electron chi connectivity index (χ2n) is 4.42. The number of nitrogens with two attached hydrogens (primary N) is 1. The first-order valence-electron chi connectivity index (χ1n) is 5.95. The number of hydrogen-bond acceptors (Lipinski definition) is 3. The van der Waals surface area contributed by atoms with Gasteiger partial charge < -0.3 is 5.73 Å². The van der Waals surface area contributed by atoms with E-state index in [1.807, 2.05) is 6.92 Å². The molecule has 6 heteroatoms. The Morgan fingerprint density at radius 1 is 1.38 bits per heavy atom. The van der Waals surface area contributed by atoms with Crippen molar-refractivity contribution < 1.29 is 8.42 Å². The van der Waals surface area contributed by atoms with E-state index in [1.165, 1.54) is 4.31 Å². The van der Waals surface area contributed by atoms with E-state index in [9.17, 15) is 8.42 Å². The maximum Gasteiger partial charge on any atom is 0.279 e. The Morgan fingerprint density at radius 2 is 2.00 bits per heavy atom. The summed E-state index contributed by atoms with van der Waals surface area (Å²) < 4.78 is 27.8. The smallest absolute Gasteiger partial charge is 0.279 e. The molecule has 0 amide bonds. The fraction of sp³-hybridized carbons (Fsp3) is 1.00. The Bertz CT molecular complexity index is 305. The predicted molar refractivity (Wildman–Crippen MR) is 65.2 cm³/mol. The summed E-state index contributed by atoms with van der Waals surface area (Å²) in [6, 6.07) is 0.0118. The van der Waals surface area contributed by atoms with Crippen LogP contribution in [0.4, 0.5) is 0 Å². The third-order valence-electron chi connectivity index (χ3n) is 3.37. The summed E-state index contributed by atoms with van der Waals surface area (Å²) in [6.07, 6.45) is 4.17. The summed E-state index contributed by atoms with van der Waals surface area (Å²) in [7, 11) is -1.74. The van der Waals surface area contributed by atoms with Crippen molar-refractivity contribution in [3.8, 4) is 0 Å². The largest absolute Gasteiger partial charge is 0.330 e. The molecule has 0 aliphatic heterocycles. The lowest BCUT2D eigenvalue weighted by atomic mass is 9.85. The maximum atomic E-state index is 11.9. The quantitative estimate of drug-likeness (QED) is 0.735. The predicted octanol–water partition coefficient (Wildman–Crippen LogP) is 0.290. The zero-order chi connectivity index (χ0) is 12.2. The van der Waals surface area contributed by atoms with E-state index in [-0.39, 0.29) is 12.0 Å². The Balaban J connectivity index is 2.64. The van der Waals surface area contributed by atoms with Gasteiger partial charge in [0.05, 0.1) is 0 Å². The molecule has 0 aromatic rings. The van der Waals surface area contributed by atoms with Gasteiger partial charge in [-0.05, 0) is 25.3 Å². The molecule has 5 nitrogen and oxygen atoms in total. The molecule has 0 radical (unpaired) electrons. The van der Waals surface area contributed by atoms with Crippen LogP contribution >= 0.6 is 0 Å². The molecule has 0 bridgehead atoms. The average molecular weight is 249 g/mol. The summed E-state index contributed by atoms with van der Waals surface area (Å²) in [5.41, 5.74) is 5.67. The zero-order valence-electron chi connectivity index (χ0n) is 10.1. The first kappa shape index (κ1) is 13.9. The lowest BCUT2D eigenvalue weighted by Crippen LogP contribution is -2.49. The van der Waals surface area contributed by atoms with Gasteiger partial charge in [0, 0.05) is 19.6 Å². The minimum Gasteiger partial charge on any atom is -0.330 e. The zero-order valence-corrected chi connectivity index (χ0v) is 11.0. The molecule has 0 aromatic heterocycles. The van der Waals surface area contributed by atoms with Crippen LogP contribution in [-0.2, 0) is 10.2 Å². The Kier molecular flexibility index (Phi) is 5.17. The van der Waals surface area contributed by atoms with Crippen LogP contribution < -0.4 is 10.5 Å². The Hall–Kier alpha value is -0.170. The standard InChI is InChI=1S/C10H23N3O2S/c1-3-13(2)16(14,15)12-10-7-5-4-6-9(10)8-11/h9-10,12H,3-8,11H2,1-2H3/t9-,10+/m1/s1. The van der Waals surface area contributed by atoms with E-state index >= 15 is 0 Å². The number of rotatable bonds is 5. The van der Waals surface area contributed by atoms with Gasteiger partial charge >= 0.3 is 0 Å². The number of nitrogens with zero attached hydrogens (tertiary/aromatic N) is 1. The third-order valence-corrected chi connectivity index (χ3v) is 5.05. The highest BCUT2D eigenvalue weighted by Gasteiger charge is 2.29. The van der Waals surface area contributed by atoms with Crippen LogP contribution in [0.25, 0.3) is 0 Å². The van der Waals surface area contributed by atoms with Crippen LogP contribution in [-0.4, -0.2) is 38.9 Å².